The third kappa shape index (κ3) is 3.67. The van der Waals surface area contributed by atoms with E-state index in [0.29, 0.717) is 11.3 Å². The first-order valence-electron chi connectivity index (χ1n) is 9.05. The Labute approximate surface area is 166 Å². The lowest BCUT2D eigenvalue weighted by molar-refractivity contribution is -0.148. The molecule has 0 bridgehead atoms. The molecule has 0 amide bonds. The number of benzene rings is 2. The lowest BCUT2D eigenvalue weighted by atomic mass is 9.73. The minimum atomic E-state index is -1.72. The number of nitrogens with zero attached hydrogens (tertiary/aromatic N) is 5. The minimum Gasteiger partial charge on any atom is -0.460 e. The van der Waals surface area contributed by atoms with Gasteiger partial charge in [-0.05, 0) is 33.9 Å². The summed E-state index contributed by atoms with van der Waals surface area (Å²) in [6.45, 7) is 1.82. The Morgan fingerprint density at radius 3 is 2.62 bits per heavy atom. The molecule has 0 saturated carbocycles. The van der Waals surface area contributed by atoms with Crippen molar-refractivity contribution in [2.75, 3.05) is 0 Å². The van der Waals surface area contributed by atoms with E-state index in [1.54, 1.807) is 31.2 Å². The van der Waals surface area contributed by atoms with E-state index in [0.717, 1.165) is 5.56 Å². The van der Waals surface area contributed by atoms with E-state index >= 15 is 0 Å². The smallest absolute Gasteiger partial charge is 0.460 e. The van der Waals surface area contributed by atoms with Crippen molar-refractivity contribution < 1.29 is 19.6 Å². The fourth-order valence-corrected chi connectivity index (χ4v) is 3.48. The van der Waals surface area contributed by atoms with Crippen molar-refractivity contribution >= 4 is 30.2 Å². The van der Waals surface area contributed by atoms with E-state index in [1.165, 1.54) is 4.68 Å². The molecule has 0 fully saturated rings. The van der Waals surface area contributed by atoms with E-state index in [-0.39, 0.29) is 18.0 Å². The van der Waals surface area contributed by atoms with Crippen LogP contribution in [0.3, 0.4) is 0 Å². The first-order valence-corrected chi connectivity index (χ1v) is 9.05. The highest BCUT2D eigenvalue weighted by atomic mass is 16.5. The molecule has 0 spiro atoms. The Balaban J connectivity index is 1.72. The van der Waals surface area contributed by atoms with Crippen LogP contribution in [0, 0.1) is 5.92 Å². The van der Waals surface area contributed by atoms with Crippen LogP contribution in [0.2, 0.25) is 0 Å². The highest BCUT2D eigenvalue weighted by Gasteiger charge is 2.42. The zero-order valence-electron chi connectivity index (χ0n) is 15.6. The zero-order valence-corrected chi connectivity index (χ0v) is 15.6. The van der Waals surface area contributed by atoms with Gasteiger partial charge in [-0.2, -0.15) is 0 Å². The van der Waals surface area contributed by atoms with Gasteiger partial charge < -0.3 is 14.8 Å². The van der Waals surface area contributed by atoms with Crippen LogP contribution in [0.15, 0.2) is 59.6 Å². The Kier molecular flexibility index (Phi) is 5.19. The third-order valence-corrected chi connectivity index (χ3v) is 4.85. The van der Waals surface area contributed by atoms with Crippen molar-refractivity contribution in [2.24, 2.45) is 10.9 Å². The Hall–Kier alpha value is -3.37. The molecule has 3 aromatic rings. The van der Waals surface area contributed by atoms with E-state index in [1.807, 2.05) is 30.3 Å². The molecular weight excluding hydrogens is 373 g/mol. The number of hydrogen-bond donors (Lipinski definition) is 2. The zero-order chi connectivity index (χ0) is 20.4. The van der Waals surface area contributed by atoms with Gasteiger partial charge in [-0.3, -0.25) is 4.79 Å². The largest absolute Gasteiger partial charge is 0.488 e. The van der Waals surface area contributed by atoms with Gasteiger partial charge in [0.15, 0.2) is 0 Å². The van der Waals surface area contributed by atoms with Gasteiger partial charge in [0, 0.05) is 5.71 Å². The summed E-state index contributed by atoms with van der Waals surface area (Å²) in [5, 5.41) is 31.2. The summed E-state index contributed by atoms with van der Waals surface area (Å²) in [4.78, 5) is 17.4. The molecule has 0 radical (unpaired) electrons. The monoisotopic (exact) mass is 391 g/mol. The van der Waals surface area contributed by atoms with Crippen LogP contribution in [0.4, 0.5) is 5.95 Å². The number of aliphatic imine (C=N–C) groups is 1. The molecule has 29 heavy (non-hydrogen) atoms. The number of carbonyl (C=O) groups is 1. The lowest BCUT2D eigenvalue weighted by Gasteiger charge is -2.30. The first kappa shape index (κ1) is 19.0. The molecule has 2 aromatic carbocycles. The van der Waals surface area contributed by atoms with Gasteiger partial charge in [0.2, 0.25) is 0 Å². The maximum absolute atomic E-state index is 13.1. The molecule has 1 aliphatic rings. The summed E-state index contributed by atoms with van der Waals surface area (Å²) >= 11 is 0. The van der Waals surface area contributed by atoms with Crippen molar-refractivity contribution in [3.05, 3.63) is 65.7 Å². The van der Waals surface area contributed by atoms with E-state index in [2.05, 4.69) is 20.5 Å². The second-order valence-electron chi connectivity index (χ2n) is 6.70. The second-order valence-corrected chi connectivity index (χ2v) is 6.70. The Bertz CT molecular complexity index is 1050. The van der Waals surface area contributed by atoms with Crippen LogP contribution in [-0.4, -0.2) is 49.1 Å². The molecular formula is C19H18BN5O4. The number of fused-ring (bicyclic) bond motifs is 1. The molecule has 1 aromatic heterocycles. The number of tetrazole rings is 1. The van der Waals surface area contributed by atoms with Crippen LogP contribution in [0.25, 0.3) is 0 Å². The standard InChI is InChI=1S/C19H18BN5O4/c1-12-16(18(26)29-11-13-7-3-2-4-8-13)17(25-19(21-12)22-23-24-25)14-9-5-6-10-15(14)20(27)28/h2-10,16-17,27-28H,11H2,1H3. The summed E-state index contributed by atoms with van der Waals surface area (Å²) in [6, 6.07) is 15.3. The highest BCUT2D eigenvalue weighted by molar-refractivity contribution is 6.59. The number of rotatable bonds is 5. The average molecular weight is 391 g/mol. The third-order valence-electron chi connectivity index (χ3n) is 4.85. The van der Waals surface area contributed by atoms with Crippen molar-refractivity contribution in [3.8, 4) is 0 Å². The molecule has 2 unspecified atom stereocenters. The van der Waals surface area contributed by atoms with Crippen LogP contribution in [0.5, 0.6) is 0 Å². The summed E-state index contributed by atoms with van der Waals surface area (Å²) in [5.74, 6) is -1.08. The number of hydrogen-bond acceptors (Lipinski definition) is 8. The van der Waals surface area contributed by atoms with Crippen molar-refractivity contribution in [1.82, 2.24) is 20.2 Å². The van der Waals surface area contributed by atoms with Crippen molar-refractivity contribution in [1.29, 1.82) is 0 Å². The fourth-order valence-electron chi connectivity index (χ4n) is 3.48. The molecule has 2 atom stereocenters. The van der Waals surface area contributed by atoms with E-state index in [4.69, 9.17) is 4.74 Å². The Morgan fingerprint density at radius 2 is 1.86 bits per heavy atom. The number of carbonyl (C=O) groups excluding carboxylic acids is 1. The lowest BCUT2D eigenvalue weighted by Crippen LogP contribution is -2.42. The molecule has 146 valence electrons. The predicted molar refractivity (Wildman–Crippen MR) is 105 cm³/mol. The molecule has 2 N–H and O–H groups in total. The highest BCUT2D eigenvalue weighted by Crippen LogP contribution is 2.34. The maximum atomic E-state index is 13.1. The molecule has 9 nitrogen and oxygen atoms in total. The second kappa shape index (κ2) is 7.94. The first-order chi connectivity index (χ1) is 14.1. The number of esters is 1. The molecule has 1 aliphatic heterocycles. The summed E-state index contributed by atoms with van der Waals surface area (Å²) < 4.78 is 6.96. The van der Waals surface area contributed by atoms with Gasteiger partial charge in [0.05, 0.1) is 0 Å². The van der Waals surface area contributed by atoms with Gasteiger partial charge >= 0.3 is 13.1 Å². The quantitative estimate of drug-likeness (QED) is 0.477. The fraction of sp³-hybridized carbons (Fsp3) is 0.211. The minimum absolute atomic E-state index is 0.114. The molecule has 4 rings (SSSR count). The van der Waals surface area contributed by atoms with Gasteiger partial charge in [0.1, 0.15) is 18.6 Å². The van der Waals surface area contributed by atoms with Gasteiger partial charge in [-0.15, -0.1) is 0 Å². The summed E-state index contributed by atoms with van der Waals surface area (Å²) in [6.07, 6.45) is 0. The topological polar surface area (TPSA) is 123 Å². The van der Waals surface area contributed by atoms with Gasteiger partial charge in [-0.1, -0.05) is 59.7 Å². The van der Waals surface area contributed by atoms with Gasteiger partial charge in [0.25, 0.3) is 5.95 Å². The van der Waals surface area contributed by atoms with E-state index < -0.39 is 25.0 Å². The van der Waals surface area contributed by atoms with Crippen molar-refractivity contribution in [2.45, 2.75) is 19.6 Å². The maximum Gasteiger partial charge on any atom is 0.488 e. The van der Waals surface area contributed by atoms with Crippen LogP contribution in [0.1, 0.15) is 24.1 Å². The van der Waals surface area contributed by atoms with Crippen LogP contribution >= 0.6 is 0 Å². The average Bonchev–Trinajstić information content (AvgIpc) is 3.19. The molecule has 0 saturated heterocycles. The number of ether oxygens (including phenoxy) is 1. The SMILES string of the molecule is CC1=Nc2nnnn2C(c2ccccc2B(O)O)C1C(=O)OCc1ccccc1. The molecule has 2 heterocycles. The summed E-state index contributed by atoms with van der Waals surface area (Å²) in [5.41, 5.74) is 2.11. The molecule has 0 aliphatic carbocycles. The van der Waals surface area contributed by atoms with Gasteiger partial charge in [-0.25, -0.2) is 9.67 Å². The predicted octanol–water partition coefficient (Wildman–Crippen LogP) is 0.408. The van der Waals surface area contributed by atoms with Crippen LogP contribution in [-0.2, 0) is 16.1 Å². The normalized spacial score (nSPS) is 18.0. The van der Waals surface area contributed by atoms with E-state index in [9.17, 15) is 14.8 Å². The number of aromatic nitrogens is 4. The van der Waals surface area contributed by atoms with Crippen LogP contribution < -0.4 is 5.46 Å². The van der Waals surface area contributed by atoms with Crippen molar-refractivity contribution in [3.63, 3.8) is 0 Å². The molecule has 10 heteroatoms. The summed E-state index contributed by atoms with van der Waals surface area (Å²) in [7, 11) is -1.72. The Morgan fingerprint density at radius 1 is 1.14 bits per heavy atom.